The van der Waals surface area contributed by atoms with Crippen molar-refractivity contribution in [3.05, 3.63) is 47.6 Å². The molecule has 0 saturated carbocycles. The van der Waals surface area contributed by atoms with E-state index in [2.05, 4.69) is 40.2 Å². The van der Waals surface area contributed by atoms with Crippen molar-refractivity contribution in [2.75, 3.05) is 0 Å². The minimum atomic E-state index is 0.680. The van der Waals surface area contributed by atoms with E-state index in [4.69, 9.17) is 0 Å². The van der Waals surface area contributed by atoms with Crippen LogP contribution in [0.2, 0.25) is 0 Å². The Balaban J connectivity index is 2.11. The zero-order valence-electron chi connectivity index (χ0n) is 8.24. The number of rotatable bonds is 4. The van der Waals surface area contributed by atoms with Gasteiger partial charge in [0.25, 0.3) is 0 Å². The monoisotopic (exact) mass is 260 g/mol. The Bertz CT molecular complexity index is 312. The molecule has 70 valence electrons. The molecule has 0 aromatic carbocycles. The van der Waals surface area contributed by atoms with Crippen LogP contribution < -0.4 is 0 Å². The molecular weight excluding hydrogens is 247 g/mol. The molecule has 0 N–H and O–H groups in total. The normalized spacial score (nSPS) is 18.9. The predicted octanol–water partition coefficient (Wildman–Crippen LogP) is 3.11. The molecule has 2 aliphatic carbocycles. The summed E-state index contributed by atoms with van der Waals surface area (Å²) in [6.07, 6.45) is 17.0. The maximum atomic E-state index is 2.37. The van der Waals surface area contributed by atoms with Crippen molar-refractivity contribution in [2.45, 2.75) is 19.3 Å². The van der Waals surface area contributed by atoms with Crippen LogP contribution in [0.25, 0.3) is 0 Å². The molecule has 0 spiro atoms. The zero-order valence-corrected chi connectivity index (χ0v) is 10.7. The van der Waals surface area contributed by atoms with Gasteiger partial charge >= 0.3 is 101 Å². The van der Waals surface area contributed by atoms with Crippen molar-refractivity contribution in [1.29, 1.82) is 0 Å². The molecule has 0 aromatic heterocycles. The van der Waals surface area contributed by atoms with Gasteiger partial charge in [0.2, 0.25) is 0 Å². The van der Waals surface area contributed by atoms with Gasteiger partial charge in [-0.3, -0.25) is 0 Å². The van der Waals surface area contributed by atoms with E-state index in [9.17, 15) is 0 Å². The van der Waals surface area contributed by atoms with Crippen LogP contribution >= 0.6 is 0 Å². The van der Waals surface area contributed by atoms with E-state index in [-0.39, 0.29) is 0 Å². The topological polar surface area (TPSA) is 0 Å². The summed E-state index contributed by atoms with van der Waals surface area (Å²) in [6.45, 7) is 0. The zero-order chi connectivity index (χ0) is 9.80. The van der Waals surface area contributed by atoms with Gasteiger partial charge in [-0.25, -0.2) is 0 Å². The first kappa shape index (κ1) is 10.2. The summed E-state index contributed by atoms with van der Waals surface area (Å²) >= 11 is 1.54. The average Bonchev–Trinajstić information content (AvgIpc) is 2.87. The van der Waals surface area contributed by atoms with Crippen LogP contribution in [-0.4, -0.2) is 3.71 Å². The van der Waals surface area contributed by atoms with Gasteiger partial charge in [-0.15, -0.1) is 0 Å². The molecule has 0 aliphatic heterocycles. The molecule has 0 radical (unpaired) electrons. The molecule has 0 saturated heterocycles. The van der Waals surface area contributed by atoms with Gasteiger partial charge in [0, 0.05) is 0 Å². The Morgan fingerprint density at radius 2 is 1.71 bits per heavy atom. The summed E-state index contributed by atoms with van der Waals surface area (Å²) in [5, 5.41) is 0. The number of hydrogen-bond donors (Lipinski definition) is 0. The van der Waals surface area contributed by atoms with E-state index < -0.39 is 0 Å². The Morgan fingerprint density at radius 1 is 1.14 bits per heavy atom. The van der Waals surface area contributed by atoms with Crippen molar-refractivity contribution in [2.24, 2.45) is 5.92 Å². The molecular formula is C13H14Zr. The predicted molar refractivity (Wildman–Crippen MR) is 57.9 cm³/mol. The fraction of sp³-hybridized carbons (Fsp3) is 0.308. The molecule has 14 heavy (non-hydrogen) atoms. The van der Waals surface area contributed by atoms with Gasteiger partial charge in [-0.05, 0) is 0 Å². The third-order valence-corrected chi connectivity index (χ3v) is 3.43. The van der Waals surface area contributed by atoms with Crippen LogP contribution in [0.3, 0.4) is 0 Å². The van der Waals surface area contributed by atoms with Gasteiger partial charge in [-0.2, -0.15) is 0 Å². The van der Waals surface area contributed by atoms with Crippen molar-refractivity contribution < 1.29 is 24.2 Å². The van der Waals surface area contributed by atoms with Crippen LogP contribution in [0.1, 0.15) is 19.3 Å². The fourth-order valence-corrected chi connectivity index (χ4v) is 2.68. The number of allylic oxidation sites excluding steroid dienone is 8. The average molecular weight is 261 g/mol. The summed E-state index contributed by atoms with van der Waals surface area (Å²) in [5.41, 5.74) is 3.19. The minimum absolute atomic E-state index is 0.680. The second-order valence-corrected chi connectivity index (χ2v) is 4.74. The van der Waals surface area contributed by atoms with Gasteiger partial charge in [0.05, 0.1) is 0 Å². The first-order chi connectivity index (χ1) is 6.92. The molecule has 1 heteroatoms. The van der Waals surface area contributed by atoms with E-state index >= 15 is 0 Å². The SMILES string of the molecule is [Zr]=[CH]CC(C1=CC=CC1)C1=CC=CC1. The molecule has 0 heterocycles. The summed E-state index contributed by atoms with van der Waals surface area (Å²) < 4.78 is 2.37. The molecule has 0 amide bonds. The molecule has 2 rings (SSSR count). The van der Waals surface area contributed by atoms with Crippen molar-refractivity contribution in [3.8, 4) is 0 Å². The third kappa shape index (κ3) is 2.20. The van der Waals surface area contributed by atoms with Crippen LogP contribution in [0.4, 0.5) is 0 Å². The standard InChI is InChI=1S/C13H14.Zr/c1-2-13(11-7-3-4-8-11)12-9-5-6-10-12;/h1,3-7,9,13H,2,8,10H2;. The van der Waals surface area contributed by atoms with Crippen LogP contribution in [-0.2, 0) is 24.2 Å². The second kappa shape index (κ2) is 4.98. The van der Waals surface area contributed by atoms with E-state index in [1.807, 2.05) is 0 Å². The summed E-state index contributed by atoms with van der Waals surface area (Å²) in [5.74, 6) is 0.680. The van der Waals surface area contributed by atoms with Gasteiger partial charge in [0.1, 0.15) is 0 Å². The Hall–Kier alpha value is -0.287. The third-order valence-electron chi connectivity index (χ3n) is 2.85. The molecule has 0 aromatic rings. The van der Waals surface area contributed by atoms with E-state index in [0.29, 0.717) is 5.92 Å². The molecule has 0 atom stereocenters. The van der Waals surface area contributed by atoms with E-state index in [1.54, 1.807) is 35.4 Å². The molecule has 0 unspecified atom stereocenters. The first-order valence-corrected chi connectivity index (χ1v) is 6.54. The number of hydrogen-bond acceptors (Lipinski definition) is 0. The molecule has 2 aliphatic rings. The molecule has 0 nitrogen and oxygen atoms in total. The summed E-state index contributed by atoms with van der Waals surface area (Å²) in [6, 6.07) is 0. The first-order valence-electron chi connectivity index (χ1n) is 5.12. The van der Waals surface area contributed by atoms with Crippen molar-refractivity contribution in [1.82, 2.24) is 0 Å². The van der Waals surface area contributed by atoms with Crippen LogP contribution in [0, 0.1) is 5.92 Å². The maximum absolute atomic E-state index is 2.37. The van der Waals surface area contributed by atoms with Crippen molar-refractivity contribution in [3.63, 3.8) is 0 Å². The fourth-order valence-electron chi connectivity index (χ4n) is 2.10. The van der Waals surface area contributed by atoms with Gasteiger partial charge < -0.3 is 0 Å². The Labute approximate surface area is 100 Å². The molecule has 0 fully saturated rings. The van der Waals surface area contributed by atoms with Crippen LogP contribution in [0.15, 0.2) is 47.6 Å². The van der Waals surface area contributed by atoms with E-state index in [0.717, 1.165) is 12.8 Å². The summed E-state index contributed by atoms with van der Waals surface area (Å²) in [4.78, 5) is 0. The quantitative estimate of drug-likeness (QED) is 0.729. The van der Waals surface area contributed by atoms with Crippen LogP contribution in [0.5, 0.6) is 0 Å². The Morgan fingerprint density at radius 3 is 2.07 bits per heavy atom. The van der Waals surface area contributed by atoms with Gasteiger partial charge in [-0.1, -0.05) is 0 Å². The Kier molecular flexibility index (Phi) is 3.64. The molecule has 0 bridgehead atoms. The summed E-state index contributed by atoms with van der Waals surface area (Å²) in [7, 11) is 0. The van der Waals surface area contributed by atoms with Crippen molar-refractivity contribution >= 4 is 3.71 Å². The van der Waals surface area contributed by atoms with Gasteiger partial charge in [0.15, 0.2) is 0 Å². The van der Waals surface area contributed by atoms with E-state index in [1.165, 1.54) is 6.42 Å². The second-order valence-electron chi connectivity index (χ2n) is 3.74.